The van der Waals surface area contributed by atoms with E-state index in [2.05, 4.69) is 15.6 Å². The van der Waals surface area contributed by atoms with Gasteiger partial charge in [0, 0.05) is 26.7 Å². The third-order valence-corrected chi connectivity index (χ3v) is 5.13. The zero-order valence-electron chi connectivity index (χ0n) is 18.0. The SMILES string of the molecule is CN=C(NCC(=O)NC1CCCCC1)N(C)CCc1ccc(OC)c(OC)c1.I. The summed E-state index contributed by atoms with van der Waals surface area (Å²) in [6.45, 7) is 1.00. The number of ether oxygens (including phenoxy) is 2. The molecular formula is C21H35IN4O3. The van der Waals surface area contributed by atoms with Gasteiger partial charge in [-0.2, -0.15) is 0 Å². The summed E-state index contributed by atoms with van der Waals surface area (Å²) >= 11 is 0. The molecule has 0 unspecified atom stereocenters. The van der Waals surface area contributed by atoms with Gasteiger partial charge in [0.25, 0.3) is 0 Å². The second kappa shape index (κ2) is 13.5. The maximum atomic E-state index is 12.2. The summed E-state index contributed by atoms with van der Waals surface area (Å²) in [4.78, 5) is 18.5. The highest BCUT2D eigenvalue weighted by Crippen LogP contribution is 2.27. The highest BCUT2D eigenvalue weighted by atomic mass is 127. The molecule has 0 bridgehead atoms. The molecule has 0 spiro atoms. The number of nitrogens with zero attached hydrogens (tertiary/aromatic N) is 2. The van der Waals surface area contributed by atoms with E-state index in [0.29, 0.717) is 12.0 Å². The van der Waals surface area contributed by atoms with E-state index in [9.17, 15) is 4.79 Å². The normalized spacial score (nSPS) is 14.6. The second-order valence-electron chi connectivity index (χ2n) is 7.16. The number of rotatable bonds is 8. The summed E-state index contributed by atoms with van der Waals surface area (Å²) in [7, 11) is 6.96. The minimum Gasteiger partial charge on any atom is -0.493 e. The molecule has 1 amide bonds. The smallest absolute Gasteiger partial charge is 0.239 e. The highest BCUT2D eigenvalue weighted by Gasteiger charge is 2.16. The fourth-order valence-electron chi connectivity index (χ4n) is 3.51. The molecule has 8 heteroatoms. The summed E-state index contributed by atoms with van der Waals surface area (Å²) in [5.41, 5.74) is 1.15. The fourth-order valence-corrected chi connectivity index (χ4v) is 3.51. The van der Waals surface area contributed by atoms with Crippen LogP contribution in [-0.4, -0.2) is 64.2 Å². The molecule has 0 radical (unpaired) electrons. The number of likely N-dealkylation sites (N-methyl/N-ethyl adjacent to an activating group) is 1. The summed E-state index contributed by atoms with van der Waals surface area (Å²) in [5, 5.41) is 6.27. The van der Waals surface area contributed by atoms with Crippen LogP contribution >= 0.6 is 24.0 Å². The van der Waals surface area contributed by atoms with Crippen LogP contribution in [0.1, 0.15) is 37.7 Å². The average molecular weight is 518 g/mol. The van der Waals surface area contributed by atoms with Gasteiger partial charge in [-0.25, -0.2) is 0 Å². The van der Waals surface area contributed by atoms with Crippen molar-refractivity contribution in [2.24, 2.45) is 4.99 Å². The lowest BCUT2D eigenvalue weighted by Gasteiger charge is -2.24. The van der Waals surface area contributed by atoms with Gasteiger partial charge in [-0.1, -0.05) is 25.3 Å². The van der Waals surface area contributed by atoms with Gasteiger partial charge >= 0.3 is 0 Å². The molecule has 0 saturated heterocycles. The average Bonchev–Trinajstić information content (AvgIpc) is 2.73. The molecule has 1 aromatic rings. The van der Waals surface area contributed by atoms with Crippen LogP contribution in [0.4, 0.5) is 0 Å². The second-order valence-corrected chi connectivity index (χ2v) is 7.16. The molecule has 1 aromatic carbocycles. The van der Waals surface area contributed by atoms with E-state index in [-0.39, 0.29) is 36.4 Å². The Morgan fingerprint density at radius 2 is 1.86 bits per heavy atom. The molecule has 29 heavy (non-hydrogen) atoms. The topological polar surface area (TPSA) is 75.2 Å². The summed E-state index contributed by atoms with van der Waals surface area (Å²) in [6.07, 6.45) is 6.70. The van der Waals surface area contributed by atoms with Gasteiger partial charge in [-0.3, -0.25) is 9.79 Å². The summed E-state index contributed by atoms with van der Waals surface area (Å²) in [5.74, 6) is 2.19. The van der Waals surface area contributed by atoms with Crippen molar-refractivity contribution in [3.8, 4) is 11.5 Å². The van der Waals surface area contributed by atoms with Gasteiger partial charge in [-0.05, 0) is 37.0 Å². The predicted molar refractivity (Wildman–Crippen MR) is 128 cm³/mol. The van der Waals surface area contributed by atoms with Crippen molar-refractivity contribution in [2.75, 3.05) is 41.4 Å². The lowest BCUT2D eigenvalue weighted by molar-refractivity contribution is -0.120. The number of hydrogen-bond donors (Lipinski definition) is 2. The van der Waals surface area contributed by atoms with Crippen LogP contribution in [0.3, 0.4) is 0 Å². The lowest BCUT2D eigenvalue weighted by atomic mass is 9.95. The van der Waals surface area contributed by atoms with Crippen LogP contribution in [0.5, 0.6) is 11.5 Å². The van der Waals surface area contributed by atoms with Crippen LogP contribution in [0.25, 0.3) is 0 Å². The number of nitrogens with one attached hydrogen (secondary N) is 2. The standard InChI is InChI=1S/C21H34N4O3.HI/c1-22-21(23-15-20(26)24-17-8-6-5-7-9-17)25(2)13-12-16-10-11-18(27-3)19(14-16)28-4;/h10-11,14,17H,5-9,12-13,15H2,1-4H3,(H,22,23)(H,24,26);1H. The Balaban J connectivity index is 0.00000420. The molecule has 0 atom stereocenters. The number of benzene rings is 1. The number of carbonyl (C=O) groups excluding carboxylic acids is 1. The first-order valence-corrected chi connectivity index (χ1v) is 9.99. The van der Waals surface area contributed by atoms with Crippen molar-refractivity contribution in [1.29, 1.82) is 0 Å². The maximum absolute atomic E-state index is 12.2. The predicted octanol–water partition coefficient (Wildman–Crippen LogP) is 2.82. The van der Waals surface area contributed by atoms with Gasteiger partial charge < -0.3 is 25.0 Å². The molecule has 2 rings (SSSR count). The molecule has 0 aromatic heterocycles. The molecule has 2 N–H and O–H groups in total. The Kier molecular flexibility index (Phi) is 11.8. The van der Waals surface area contributed by atoms with Crippen molar-refractivity contribution in [3.05, 3.63) is 23.8 Å². The molecule has 7 nitrogen and oxygen atoms in total. The van der Waals surface area contributed by atoms with Crippen LogP contribution in [0.2, 0.25) is 0 Å². The molecule has 1 saturated carbocycles. The van der Waals surface area contributed by atoms with E-state index >= 15 is 0 Å². The van der Waals surface area contributed by atoms with E-state index in [1.165, 1.54) is 19.3 Å². The van der Waals surface area contributed by atoms with Gasteiger partial charge in [0.05, 0.1) is 20.8 Å². The number of guanidine groups is 1. The summed E-state index contributed by atoms with van der Waals surface area (Å²) < 4.78 is 10.6. The number of aliphatic imine (C=N–C) groups is 1. The van der Waals surface area contributed by atoms with E-state index in [1.807, 2.05) is 30.1 Å². The number of methoxy groups -OCH3 is 2. The van der Waals surface area contributed by atoms with Crippen LogP contribution < -0.4 is 20.1 Å². The molecule has 1 aliphatic carbocycles. The first-order valence-electron chi connectivity index (χ1n) is 9.99. The van der Waals surface area contributed by atoms with Crippen molar-refractivity contribution >= 4 is 35.8 Å². The molecule has 0 aliphatic heterocycles. The Bertz CT molecular complexity index is 663. The number of amides is 1. The van der Waals surface area contributed by atoms with Gasteiger partial charge in [0.2, 0.25) is 5.91 Å². The van der Waals surface area contributed by atoms with Crippen molar-refractivity contribution in [2.45, 2.75) is 44.6 Å². The third-order valence-electron chi connectivity index (χ3n) is 5.13. The first kappa shape index (κ1) is 25.3. The molecular weight excluding hydrogens is 483 g/mol. The van der Waals surface area contributed by atoms with Gasteiger partial charge in [-0.15, -0.1) is 24.0 Å². The van der Waals surface area contributed by atoms with Crippen molar-refractivity contribution in [3.63, 3.8) is 0 Å². The largest absolute Gasteiger partial charge is 0.493 e. The van der Waals surface area contributed by atoms with Crippen LogP contribution in [0.15, 0.2) is 23.2 Å². The molecule has 1 fully saturated rings. The molecule has 1 aliphatic rings. The van der Waals surface area contributed by atoms with Gasteiger partial charge in [0.1, 0.15) is 0 Å². The van der Waals surface area contributed by atoms with Gasteiger partial charge in [0.15, 0.2) is 17.5 Å². The Morgan fingerprint density at radius 1 is 1.17 bits per heavy atom. The minimum absolute atomic E-state index is 0. The lowest BCUT2D eigenvalue weighted by Crippen LogP contribution is -2.46. The van der Waals surface area contributed by atoms with Crippen LogP contribution in [-0.2, 0) is 11.2 Å². The molecule has 0 heterocycles. The zero-order chi connectivity index (χ0) is 20.4. The maximum Gasteiger partial charge on any atom is 0.239 e. The molecule has 164 valence electrons. The van der Waals surface area contributed by atoms with Crippen molar-refractivity contribution < 1.29 is 14.3 Å². The van der Waals surface area contributed by atoms with E-state index < -0.39 is 0 Å². The number of carbonyl (C=O) groups is 1. The number of hydrogen-bond acceptors (Lipinski definition) is 4. The quantitative estimate of drug-likeness (QED) is 0.315. The van der Waals surface area contributed by atoms with Crippen LogP contribution in [0, 0.1) is 0 Å². The summed E-state index contributed by atoms with van der Waals surface area (Å²) in [6, 6.07) is 6.26. The Hall–Kier alpha value is -1.71. The number of halogens is 1. The zero-order valence-corrected chi connectivity index (χ0v) is 20.3. The first-order chi connectivity index (χ1) is 13.6. The highest BCUT2D eigenvalue weighted by molar-refractivity contribution is 14.0. The minimum atomic E-state index is 0. The Morgan fingerprint density at radius 3 is 2.48 bits per heavy atom. The van der Waals surface area contributed by atoms with E-state index in [0.717, 1.165) is 42.9 Å². The monoisotopic (exact) mass is 518 g/mol. The Labute approximate surface area is 191 Å². The fraction of sp³-hybridized carbons (Fsp3) is 0.619. The van der Waals surface area contributed by atoms with Crippen molar-refractivity contribution in [1.82, 2.24) is 15.5 Å². The third kappa shape index (κ3) is 8.28. The van der Waals surface area contributed by atoms with E-state index in [4.69, 9.17) is 9.47 Å². The van der Waals surface area contributed by atoms with E-state index in [1.54, 1.807) is 21.3 Å².